The first-order chi connectivity index (χ1) is 12.4. The number of carbonyl (C=O) groups is 1. The van der Waals surface area contributed by atoms with E-state index in [9.17, 15) is 15.0 Å². The lowest BCUT2D eigenvalue weighted by Crippen LogP contribution is -2.27. The van der Waals surface area contributed by atoms with Gasteiger partial charge in [-0.15, -0.1) is 0 Å². The van der Waals surface area contributed by atoms with Crippen LogP contribution in [0.5, 0.6) is 17.2 Å². The molecule has 0 amide bonds. The van der Waals surface area contributed by atoms with Gasteiger partial charge in [0.25, 0.3) is 0 Å². The molecule has 3 rings (SSSR count). The molecule has 0 aromatic heterocycles. The largest absolute Gasteiger partial charge is 0.511 e. The summed E-state index contributed by atoms with van der Waals surface area (Å²) in [6.45, 7) is 1.81. The average Bonchev–Trinajstić information content (AvgIpc) is 2.62. The summed E-state index contributed by atoms with van der Waals surface area (Å²) in [5, 5.41) is 30.1. The molecule has 3 aromatic rings. The van der Waals surface area contributed by atoms with Crippen LogP contribution >= 0.6 is 0 Å². The van der Waals surface area contributed by atoms with E-state index in [0.717, 1.165) is 0 Å². The van der Waals surface area contributed by atoms with Gasteiger partial charge in [-0.05, 0) is 25.1 Å². The van der Waals surface area contributed by atoms with Crippen LogP contribution in [-0.4, -0.2) is 21.5 Å². The molecular weight excluding hydrogens is 332 g/mol. The zero-order chi connectivity index (χ0) is 18.7. The average molecular weight is 350 g/mol. The number of phenols is 2. The molecule has 0 aliphatic heterocycles. The Labute approximate surface area is 150 Å². The van der Waals surface area contributed by atoms with E-state index in [-0.39, 0.29) is 17.2 Å². The first-order valence-electron chi connectivity index (χ1n) is 8.02. The van der Waals surface area contributed by atoms with E-state index in [4.69, 9.17) is 9.84 Å². The van der Waals surface area contributed by atoms with Crippen molar-refractivity contribution in [2.45, 2.75) is 12.3 Å². The van der Waals surface area contributed by atoms with E-state index in [1.54, 1.807) is 79.7 Å². The van der Waals surface area contributed by atoms with Crippen molar-refractivity contribution in [3.63, 3.8) is 0 Å². The van der Waals surface area contributed by atoms with Gasteiger partial charge in [0.05, 0.1) is 5.41 Å². The number of hydrogen-bond acceptors (Lipinski definition) is 4. The van der Waals surface area contributed by atoms with Gasteiger partial charge in [-0.2, -0.15) is 0 Å². The fourth-order valence-electron chi connectivity index (χ4n) is 3.29. The summed E-state index contributed by atoms with van der Waals surface area (Å²) in [4.78, 5) is 11.1. The van der Waals surface area contributed by atoms with Gasteiger partial charge in [0, 0.05) is 16.7 Å². The lowest BCUT2D eigenvalue weighted by molar-refractivity contribution is 0.143. The summed E-state index contributed by atoms with van der Waals surface area (Å²) in [6.07, 6.45) is -1.44. The van der Waals surface area contributed by atoms with E-state index >= 15 is 0 Å². The van der Waals surface area contributed by atoms with E-state index in [2.05, 4.69) is 0 Å². The molecule has 0 radical (unpaired) electrons. The molecular formula is C21H18O5. The minimum Gasteiger partial charge on any atom is -0.508 e. The van der Waals surface area contributed by atoms with Crippen LogP contribution in [0.25, 0.3) is 0 Å². The lowest BCUT2D eigenvalue weighted by Gasteiger charge is -2.33. The van der Waals surface area contributed by atoms with Gasteiger partial charge in [0.1, 0.15) is 17.2 Å². The number of para-hydroxylation sites is 3. The van der Waals surface area contributed by atoms with Crippen molar-refractivity contribution in [1.29, 1.82) is 0 Å². The third-order valence-corrected chi connectivity index (χ3v) is 4.51. The molecule has 26 heavy (non-hydrogen) atoms. The predicted molar refractivity (Wildman–Crippen MR) is 96.9 cm³/mol. The van der Waals surface area contributed by atoms with Gasteiger partial charge in [-0.3, -0.25) is 0 Å². The first-order valence-corrected chi connectivity index (χ1v) is 8.02. The SMILES string of the molecule is CC(c1ccccc1O)(c1ccccc1O)c1ccccc1OC(=O)O. The number of benzene rings is 3. The van der Waals surface area contributed by atoms with Gasteiger partial charge in [-0.1, -0.05) is 54.6 Å². The third-order valence-electron chi connectivity index (χ3n) is 4.51. The summed E-state index contributed by atoms with van der Waals surface area (Å²) in [5.41, 5.74) is 0.485. The number of phenolic OH excluding ortho intramolecular Hbond substituents is 2. The van der Waals surface area contributed by atoms with Crippen LogP contribution < -0.4 is 4.74 Å². The molecule has 5 nitrogen and oxygen atoms in total. The molecule has 0 aliphatic rings. The highest BCUT2D eigenvalue weighted by atomic mass is 16.7. The summed E-state index contributed by atoms with van der Waals surface area (Å²) in [7, 11) is 0. The topological polar surface area (TPSA) is 87.0 Å². The minimum absolute atomic E-state index is 0.0309. The van der Waals surface area contributed by atoms with Crippen LogP contribution in [0, 0.1) is 0 Å². The van der Waals surface area contributed by atoms with Crippen LogP contribution in [0.2, 0.25) is 0 Å². The number of rotatable bonds is 4. The van der Waals surface area contributed by atoms with Crippen molar-refractivity contribution in [3.8, 4) is 17.2 Å². The standard InChI is InChI=1S/C21H18O5/c1-21(14-8-2-5-11-17(14)22,15-9-3-6-12-18(15)23)16-10-4-7-13-19(16)26-20(24)25/h2-13,22-23H,1H3,(H,24,25). The molecule has 0 spiro atoms. The maximum Gasteiger partial charge on any atom is 0.511 e. The van der Waals surface area contributed by atoms with Gasteiger partial charge in [-0.25, -0.2) is 4.79 Å². The Hall–Kier alpha value is -3.47. The zero-order valence-electron chi connectivity index (χ0n) is 14.1. The molecule has 3 aromatic carbocycles. The van der Waals surface area contributed by atoms with Crippen LogP contribution in [0.15, 0.2) is 72.8 Å². The van der Waals surface area contributed by atoms with E-state index in [0.29, 0.717) is 16.7 Å². The fourth-order valence-corrected chi connectivity index (χ4v) is 3.29. The molecule has 0 fully saturated rings. The Morgan fingerprint density at radius 3 is 1.65 bits per heavy atom. The monoisotopic (exact) mass is 350 g/mol. The third kappa shape index (κ3) is 2.95. The summed E-state index contributed by atoms with van der Waals surface area (Å²) < 4.78 is 4.97. The maximum absolute atomic E-state index is 11.1. The van der Waals surface area contributed by atoms with Gasteiger partial charge >= 0.3 is 6.16 Å². The molecule has 3 N–H and O–H groups in total. The molecule has 132 valence electrons. The molecule has 0 saturated carbocycles. The number of aromatic hydroxyl groups is 2. The van der Waals surface area contributed by atoms with Crippen molar-refractivity contribution in [1.82, 2.24) is 0 Å². The van der Waals surface area contributed by atoms with Crippen molar-refractivity contribution < 1.29 is 24.9 Å². The van der Waals surface area contributed by atoms with Gasteiger partial charge < -0.3 is 20.1 Å². The van der Waals surface area contributed by atoms with Gasteiger partial charge in [0.2, 0.25) is 0 Å². The molecule has 0 atom stereocenters. The second-order valence-electron chi connectivity index (χ2n) is 6.02. The van der Waals surface area contributed by atoms with Crippen molar-refractivity contribution in [2.75, 3.05) is 0 Å². The normalized spacial score (nSPS) is 11.1. The molecule has 0 bridgehead atoms. The van der Waals surface area contributed by atoms with E-state index in [1.165, 1.54) is 0 Å². The summed E-state index contributed by atoms with van der Waals surface area (Å²) >= 11 is 0. The van der Waals surface area contributed by atoms with Crippen LogP contribution in [0.4, 0.5) is 4.79 Å². The Kier molecular flexibility index (Phi) is 4.54. The first kappa shape index (κ1) is 17.4. The Bertz CT molecular complexity index is 903. The maximum atomic E-state index is 11.1. The summed E-state index contributed by atoms with van der Waals surface area (Å²) in [6, 6.07) is 20.2. The molecule has 0 unspecified atom stereocenters. The second-order valence-corrected chi connectivity index (χ2v) is 6.02. The Morgan fingerprint density at radius 2 is 1.19 bits per heavy atom. The molecule has 0 aliphatic carbocycles. The van der Waals surface area contributed by atoms with Crippen molar-refractivity contribution in [2.24, 2.45) is 0 Å². The van der Waals surface area contributed by atoms with Crippen molar-refractivity contribution in [3.05, 3.63) is 89.5 Å². The Balaban J connectivity index is 2.36. The predicted octanol–water partition coefficient (Wildman–Crippen LogP) is 4.51. The fraction of sp³-hybridized carbons (Fsp3) is 0.0952. The molecule has 0 saturated heterocycles. The van der Waals surface area contributed by atoms with Crippen LogP contribution in [0.1, 0.15) is 23.6 Å². The van der Waals surface area contributed by atoms with E-state index in [1.807, 2.05) is 0 Å². The lowest BCUT2D eigenvalue weighted by atomic mass is 9.70. The molecule has 5 heteroatoms. The van der Waals surface area contributed by atoms with Crippen LogP contribution in [0.3, 0.4) is 0 Å². The quantitative estimate of drug-likeness (QED) is 0.366. The Morgan fingerprint density at radius 1 is 0.769 bits per heavy atom. The number of carboxylic acid groups (broad SMARTS) is 1. The number of ether oxygens (including phenoxy) is 1. The zero-order valence-corrected chi connectivity index (χ0v) is 14.1. The highest BCUT2D eigenvalue weighted by Gasteiger charge is 2.38. The molecule has 0 heterocycles. The smallest absolute Gasteiger partial charge is 0.508 e. The van der Waals surface area contributed by atoms with Crippen molar-refractivity contribution >= 4 is 6.16 Å². The highest BCUT2D eigenvalue weighted by Crippen LogP contribution is 2.48. The summed E-state index contributed by atoms with van der Waals surface area (Å²) in [5.74, 6) is 0.195. The van der Waals surface area contributed by atoms with E-state index < -0.39 is 11.6 Å². The minimum atomic E-state index is -1.44. The number of hydrogen-bond donors (Lipinski definition) is 3. The van der Waals surface area contributed by atoms with Gasteiger partial charge in [0.15, 0.2) is 0 Å². The highest BCUT2D eigenvalue weighted by molar-refractivity contribution is 5.66. The van der Waals surface area contributed by atoms with Crippen LogP contribution in [-0.2, 0) is 5.41 Å². The second kappa shape index (κ2) is 6.80.